The quantitative estimate of drug-likeness (QED) is 0.754. The first-order chi connectivity index (χ1) is 8.49. The van der Waals surface area contributed by atoms with Crippen molar-refractivity contribution in [2.45, 2.75) is 40.0 Å². The maximum absolute atomic E-state index is 6.09. The van der Waals surface area contributed by atoms with Gasteiger partial charge >= 0.3 is 0 Å². The Morgan fingerprint density at radius 3 is 2.33 bits per heavy atom. The SMILES string of the molecule is CC(C)CNCC(CC(C)C)c1cccc(Cl)c1. The van der Waals surface area contributed by atoms with E-state index < -0.39 is 0 Å². The van der Waals surface area contributed by atoms with Gasteiger partial charge in [0.2, 0.25) is 0 Å². The highest BCUT2D eigenvalue weighted by Gasteiger charge is 2.13. The summed E-state index contributed by atoms with van der Waals surface area (Å²) in [4.78, 5) is 0. The first-order valence-electron chi connectivity index (χ1n) is 6.95. The Balaban J connectivity index is 2.65. The minimum absolute atomic E-state index is 0.558. The molecule has 1 aromatic rings. The van der Waals surface area contributed by atoms with Crippen LogP contribution in [0, 0.1) is 11.8 Å². The van der Waals surface area contributed by atoms with Gasteiger partial charge in [-0.2, -0.15) is 0 Å². The van der Waals surface area contributed by atoms with Crippen LogP contribution in [0.5, 0.6) is 0 Å². The predicted molar refractivity (Wildman–Crippen MR) is 81.4 cm³/mol. The van der Waals surface area contributed by atoms with E-state index in [9.17, 15) is 0 Å². The van der Waals surface area contributed by atoms with Crippen molar-refractivity contribution in [3.05, 3.63) is 34.9 Å². The lowest BCUT2D eigenvalue weighted by Gasteiger charge is -2.21. The predicted octanol–water partition coefficient (Wildman–Crippen LogP) is 4.72. The molecular weight excluding hydrogens is 242 g/mol. The molecule has 0 aromatic heterocycles. The fourth-order valence-electron chi connectivity index (χ4n) is 2.21. The van der Waals surface area contributed by atoms with Crippen molar-refractivity contribution in [2.75, 3.05) is 13.1 Å². The molecular formula is C16H26ClN. The van der Waals surface area contributed by atoms with Crippen LogP contribution in [0.2, 0.25) is 5.02 Å². The summed E-state index contributed by atoms with van der Waals surface area (Å²) < 4.78 is 0. The van der Waals surface area contributed by atoms with Crippen molar-refractivity contribution in [1.29, 1.82) is 0 Å². The summed E-state index contributed by atoms with van der Waals surface area (Å²) in [5, 5.41) is 4.40. The fraction of sp³-hybridized carbons (Fsp3) is 0.625. The Kier molecular flexibility index (Phi) is 6.73. The van der Waals surface area contributed by atoms with E-state index in [1.54, 1.807) is 0 Å². The molecule has 0 fully saturated rings. The van der Waals surface area contributed by atoms with Crippen molar-refractivity contribution >= 4 is 11.6 Å². The summed E-state index contributed by atoms with van der Waals surface area (Å²) in [6.45, 7) is 11.2. The lowest BCUT2D eigenvalue weighted by atomic mass is 9.90. The van der Waals surface area contributed by atoms with Crippen molar-refractivity contribution in [2.24, 2.45) is 11.8 Å². The van der Waals surface area contributed by atoms with Crippen molar-refractivity contribution in [3.8, 4) is 0 Å². The Morgan fingerprint density at radius 2 is 1.78 bits per heavy atom. The monoisotopic (exact) mass is 267 g/mol. The summed E-state index contributed by atoms with van der Waals surface area (Å²) >= 11 is 6.09. The van der Waals surface area contributed by atoms with Crippen LogP contribution in [0.1, 0.15) is 45.6 Å². The van der Waals surface area contributed by atoms with Gasteiger partial charge in [0.05, 0.1) is 0 Å². The Labute approximate surface area is 117 Å². The van der Waals surface area contributed by atoms with Crippen LogP contribution in [0.3, 0.4) is 0 Å². The van der Waals surface area contributed by atoms with Gasteiger partial charge in [-0.15, -0.1) is 0 Å². The first-order valence-corrected chi connectivity index (χ1v) is 7.33. The van der Waals surface area contributed by atoms with E-state index in [2.05, 4.69) is 45.1 Å². The van der Waals surface area contributed by atoms with Gasteiger partial charge in [-0.1, -0.05) is 51.4 Å². The van der Waals surface area contributed by atoms with Crippen molar-refractivity contribution < 1.29 is 0 Å². The number of halogens is 1. The summed E-state index contributed by atoms with van der Waals surface area (Å²) in [5.41, 5.74) is 1.35. The molecule has 1 rings (SSSR count). The van der Waals surface area contributed by atoms with E-state index in [0.29, 0.717) is 17.8 Å². The highest BCUT2D eigenvalue weighted by molar-refractivity contribution is 6.30. The number of rotatable bonds is 7. The first kappa shape index (κ1) is 15.5. The average Bonchev–Trinajstić information content (AvgIpc) is 2.26. The minimum atomic E-state index is 0.558. The molecule has 18 heavy (non-hydrogen) atoms. The smallest absolute Gasteiger partial charge is 0.0408 e. The Hall–Kier alpha value is -0.530. The molecule has 1 aromatic carbocycles. The molecule has 0 radical (unpaired) electrons. The molecule has 0 aliphatic rings. The zero-order chi connectivity index (χ0) is 13.5. The molecule has 0 spiro atoms. The van der Waals surface area contributed by atoms with Gasteiger partial charge in [-0.25, -0.2) is 0 Å². The largest absolute Gasteiger partial charge is 0.316 e. The van der Waals surface area contributed by atoms with Gasteiger partial charge in [-0.05, 0) is 48.4 Å². The molecule has 0 saturated carbocycles. The molecule has 2 heteroatoms. The number of hydrogen-bond acceptors (Lipinski definition) is 1. The van der Waals surface area contributed by atoms with Crippen LogP contribution in [0.25, 0.3) is 0 Å². The van der Waals surface area contributed by atoms with Crippen molar-refractivity contribution in [3.63, 3.8) is 0 Å². The third kappa shape index (κ3) is 5.88. The van der Waals surface area contributed by atoms with Gasteiger partial charge in [0, 0.05) is 11.6 Å². The molecule has 0 aliphatic heterocycles. The lowest BCUT2D eigenvalue weighted by Crippen LogP contribution is -2.26. The molecule has 1 unspecified atom stereocenters. The summed E-state index contributed by atoms with van der Waals surface area (Å²) in [7, 11) is 0. The third-order valence-electron chi connectivity index (χ3n) is 3.02. The molecule has 1 nitrogen and oxygen atoms in total. The van der Waals surface area contributed by atoms with Gasteiger partial charge < -0.3 is 5.32 Å². The standard InChI is InChI=1S/C16H26ClN/c1-12(2)8-15(11-18-10-13(3)4)14-6-5-7-16(17)9-14/h5-7,9,12-13,15,18H,8,10-11H2,1-4H3. The zero-order valence-electron chi connectivity index (χ0n) is 12.0. The molecule has 1 atom stereocenters. The second-order valence-corrected chi connectivity index (χ2v) is 6.37. The minimum Gasteiger partial charge on any atom is -0.316 e. The van der Waals surface area contributed by atoms with Crippen LogP contribution < -0.4 is 5.32 Å². The van der Waals surface area contributed by atoms with E-state index in [4.69, 9.17) is 11.6 Å². The van der Waals surface area contributed by atoms with Gasteiger partial charge in [0.15, 0.2) is 0 Å². The second-order valence-electron chi connectivity index (χ2n) is 5.93. The molecule has 0 heterocycles. The van der Waals surface area contributed by atoms with Crippen LogP contribution in [-0.4, -0.2) is 13.1 Å². The van der Waals surface area contributed by atoms with E-state index in [-0.39, 0.29) is 0 Å². The summed E-state index contributed by atoms with van der Waals surface area (Å²) in [5.74, 6) is 1.96. The normalized spacial score (nSPS) is 13.3. The molecule has 0 amide bonds. The number of benzene rings is 1. The van der Waals surface area contributed by atoms with E-state index >= 15 is 0 Å². The van der Waals surface area contributed by atoms with Gasteiger partial charge in [-0.3, -0.25) is 0 Å². The molecule has 1 N–H and O–H groups in total. The van der Waals surface area contributed by atoms with Gasteiger partial charge in [0.1, 0.15) is 0 Å². The van der Waals surface area contributed by atoms with Crippen LogP contribution >= 0.6 is 11.6 Å². The molecule has 102 valence electrons. The highest BCUT2D eigenvalue weighted by atomic mass is 35.5. The topological polar surface area (TPSA) is 12.0 Å². The van der Waals surface area contributed by atoms with Crippen LogP contribution in [0.15, 0.2) is 24.3 Å². The average molecular weight is 268 g/mol. The lowest BCUT2D eigenvalue weighted by molar-refractivity contribution is 0.452. The number of hydrogen-bond donors (Lipinski definition) is 1. The maximum Gasteiger partial charge on any atom is 0.0408 e. The van der Waals surface area contributed by atoms with Crippen LogP contribution in [-0.2, 0) is 0 Å². The van der Waals surface area contributed by atoms with E-state index in [1.807, 2.05) is 12.1 Å². The summed E-state index contributed by atoms with van der Waals surface area (Å²) in [6.07, 6.45) is 1.20. The van der Waals surface area contributed by atoms with Crippen LogP contribution in [0.4, 0.5) is 0 Å². The number of nitrogens with one attached hydrogen (secondary N) is 1. The molecule has 0 bridgehead atoms. The molecule has 0 aliphatic carbocycles. The van der Waals surface area contributed by atoms with E-state index in [1.165, 1.54) is 12.0 Å². The Morgan fingerprint density at radius 1 is 1.06 bits per heavy atom. The second kappa shape index (κ2) is 7.81. The Bertz CT molecular complexity index is 347. The third-order valence-corrected chi connectivity index (χ3v) is 3.25. The van der Waals surface area contributed by atoms with Crippen molar-refractivity contribution in [1.82, 2.24) is 5.32 Å². The fourth-order valence-corrected chi connectivity index (χ4v) is 2.41. The van der Waals surface area contributed by atoms with Gasteiger partial charge in [0.25, 0.3) is 0 Å². The molecule has 0 saturated heterocycles. The zero-order valence-corrected chi connectivity index (χ0v) is 12.8. The maximum atomic E-state index is 6.09. The highest BCUT2D eigenvalue weighted by Crippen LogP contribution is 2.25. The summed E-state index contributed by atoms with van der Waals surface area (Å²) in [6, 6.07) is 8.29. The van der Waals surface area contributed by atoms with E-state index in [0.717, 1.165) is 18.1 Å².